The molecule has 2 amide bonds. The first kappa shape index (κ1) is 20.5. The SMILES string of the molecule is COc1cc(OC)cc([C@H]2c3c(C)nn(C)c3NC(=O)[C@@H]2NC(=O)c2ccccc2)c1. The Balaban J connectivity index is 1.84. The van der Waals surface area contributed by atoms with Crippen LogP contribution < -0.4 is 20.1 Å². The molecule has 0 fully saturated rings. The molecular formula is C23H24N4O4. The Morgan fingerprint density at radius 2 is 1.74 bits per heavy atom. The van der Waals surface area contributed by atoms with Crippen molar-refractivity contribution >= 4 is 17.6 Å². The summed E-state index contributed by atoms with van der Waals surface area (Å²) in [5.41, 5.74) is 2.87. The molecular weight excluding hydrogens is 396 g/mol. The van der Waals surface area contributed by atoms with Gasteiger partial charge < -0.3 is 20.1 Å². The quantitative estimate of drug-likeness (QED) is 0.662. The fourth-order valence-electron chi connectivity index (χ4n) is 4.04. The predicted octanol–water partition coefficient (Wildman–Crippen LogP) is 2.63. The number of rotatable bonds is 5. The number of ether oxygens (including phenoxy) is 2. The van der Waals surface area contributed by atoms with Crippen LogP contribution in [0.1, 0.15) is 33.1 Å². The Hall–Kier alpha value is -3.81. The predicted molar refractivity (Wildman–Crippen MR) is 116 cm³/mol. The maximum Gasteiger partial charge on any atom is 0.251 e. The second-order valence-electron chi connectivity index (χ2n) is 7.40. The zero-order valence-electron chi connectivity index (χ0n) is 17.8. The molecule has 160 valence electrons. The van der Waals surface area contributed by atoms with Crippen molar-refractivity contribution in [3.63, 3.8) is 0 Å². The fraction of sp³-hybridized carbons (Fsp3) is 0.261. The molecule has 2 aromatic carbocycles. The van der Waals surface area contributed by atoms with Gasteiger partial charge in [0.1, 0.15) is 23.4 Å². The molecule has 2 atom stereocenters. The Labute approximate surface area is 180 Å². The summed E-state index contributed by atoms with van der Waals surface area (Å²) >= 11 is 0. The first-order valence-corrected chi connectivity index (χ1v) is 9.86. The Morgan fingerprint density at radius 1 is 1.10 bits per heavy atom. The molecule has 0 unspecified atom stereocenters. The van der Waals surface area contributed by atoms with E-state index in [2.05, 4.69) is 15.7 Å². The van der Waals surface area contributed by atoms with Crippen molar-refractivity contribution in [1.82, 2.24) is 15.1 Å². The van der Waals surface area contributed by atoms with Gasteiger partial charge in [0.15, 0.2) is 0 Å². The normalized spacial score (nSPS) is 17.5. The maximum atomic E-state index is 13.1. The van der Waals surface area contributed by atoms with E-state index in [1.165, 1.54) is 0 Å². The van der Waals surface area contributed by atoms with Crippen LogP contribution in [-0.4, -0.2) is 41.9 Å². The standard InChI is InChI=1S/C23H24N4O4/c1-13-18-19(15-10-16(30-3)12-17(11-15)31-4)20(23(29)25-21(18)27(2)26-13)24-22(28)14-8-6-5-7-9-14/h5-12,19-20H,1-4H3,(H,24,28)(H,25,29)/t19-,20+/m0/s1. The van der Waals surface area contributed by atoms with Gasteiger partial charge in [0.25, 0.3) is 5.91 Å². The fourth-order valence-corrected chi connectivity index (χ4v) is 4.04. The van der Waals surface area contributed by atoms with Gasteiger partial charge in [-0.15, -0.1) is 0 Å². The number of methoxy groups -OCH3 is 2. The van der Waals surface area contributed by atoms with Gasteiger partial charge in [0.2, 0.25) is 5.91 Å². The van der Waals surface area contributed by atoms with E-state index in [-0.39, 0.29) is 11.8 Å². The van der Waals surface area contributed by atoms with Crippen molar-refractivity contribution in [2.75, 3.05) is 19.5 Å². The molecule has 2 heterocycles. The second kappa shape index (κ2) is 8.14. The van der Waals surface area contributed by atoms with Crippen LogP contribution in [0.25, 0.3) is 0 Å². The maximum absolute atomic E-state index is 13.1. The highest BCUT2D eigenvalue weighted by atomic mass is 16.5. The third kappa shape index (κ3) is 3.72. The Morgan fingerprint density at radius 3 is 2.35 bits per heavy atom. The van der Waals surface area contributed by atoms with Crippen LogP contribution in [0.15, 0.2) is 48.5 Å². The van der Waals surface area contributed by atoms with Crippen molar-refractivity contribution < 1.29 is 19.1 Å². The number of aromatic nitrogens is 2. The summed E-state index contributed by atoms with van der Waals surface area (Å²) in [6.45, 7) is 1.89. The van der Waals surface area contributed by atoms with Crippen LogP contribution in [0, 0.1) is 6.92 Å². The number of hydrogen-bond donors (Lipinski definition) is 2. The first-order valence-electron chi connectivity index (χ1n) is 9.86. The van der Waals surface area contributed by atoms with Gasteiger partial charge >= 0.3 is 0 Å². The van der Waals surface area contributed by atoms with Crippen molar-refractivity contribution in [2.45, 2.75) is 18.9 Å². The molecule has 8 heteroatoms. The zero-order chi connectivity index (χ0) is 22.1. The van der Waals surface area contributed by atoms with Crippen molar-refractivity contribution in [1.29, 1.82) is 0 Å². The minimum atomic E-state index is -0.847. The van der Waals surface area contributed by atoms with Crippen molar-refractivity contribution in [3.05, 3.63) is 70.9 Å². The van der Waals surface area contributed by atoms with Crippen molar-refractivity contribution in [3.8, 4) is 11.5 Å². The monoisotopic (exact) mass is 420 g/mol. The molecule has 3 aromatic rings. The number of carbonyl (C=O) groups excluding carboxylic acids is 2. The molecule has 1 aliphatic rings. The highest BCUT2D eigenvalue weighted by Gasteiger charge is 2.41. The molecule has 31 heavy (non-hydrogen) atoms. The van der Waals surface area contributed by atoms with Crippen LogP contribution in [0.4, 0.5) is 5.82 Å². The number of anilines is 1. The minimum Gasteiger partial charge on any atom is -0.497 e. The van der Waals surface area contributed by atoms with Gasteiger partial charge in [-0.25, -0.2) is 0 Å². The van der Waals surface area contributed by atoms with E-state index in [4.69, 9.17) is 9.47 Å². The van der Waals surface area contributed by atoms with Crippen LogP contribution in [0.5, 0.6) is 11.5 Å². The third-order valence-electron chi connectivity index (χ3n) is 5.49. The molecule has 1 aliphatic heterocycles. The average Bonchev–Trinajstić information content (AvgIpc) is 3.06. The molecule has 0 saturated heterocycles. The van der Waals surface area contributed by atoms with Gasteiger partial charge in [0, 0.05) is 30.2 Å². The number of hydrogen-bond acceptors (Lipinski definition) is 5. The lowest BCUT2D eigenvalue weighted by Gasteiger charge is -2.33. The molecule has 4 rings (SSSR count). The van der Waals surface area contributed by atoms with E-state index in [0.717, 1.165) is 16.8 Å². The van der Waals surface area contributed by atoms with Gasteiger partial charge in [-0.3, -0.25) is 14.3 Å². The number of nitrogens with one attached hydrogen (secondary N) is 2. The summed E-state index contributed by atoms with van der Waals surface area (Å²) in [6.07, 6.45) is 0. The minimum absolute atomic E-state index is 0.313. The van der Waals surface area contributed by atoms with E-state index in [0.29, 0.717) is 22.9 Å². The van der Waals surface area contributed by atoms with E-state index < -0.39 is 12.0 Å². The number of aryl methyl sites for hydroxylation is 2. The number of nitrogens with zero attached hydrogens (tertiary/aromatic N) is 2. The molecule has 0 aliphatic carbocycles. The summed E-state index contributed by atoms with van der Waals surface area (Å²) in [6, 6.07) is 13.4. The molecule has 2 N–H and O–H groups in total. The van der Waals surface area contributed by atoms with Gasteiger partial charge in [-0.05, 0) is 36.8 Å². The number of carbonyl (C=O) groups is 2. The number of amides is 2. The Bertz CT molecular complexity index is 1120. The lowest BCUT2D eigenvalue weighted by atomic mass is 9.81. The number of benzene rings is 2. The lowest BCUT2D eigenvalue weighted by Crippen LogP contribution is -2.50. The zero-order valence-corrected chi connectivity index (χ0v) is 17.8. The summed E-state index contributed by atoms with van der Waals surface area (Å²) in [5.74, 6) is 0.680. The van der Waals surface area contributed by atoms with Crippen LogP contribution in [0.3, 0.4) is 0 Å². The average molecular weight is 420 g/mol. The van der Waals surface area contributed by atoms with Gasteiger partial charge in [-0.2, -0.15) is 5.10 Å². The van der Waals surface area contributed by atoms with Gasteiger partial charge in [0.05, 0.1) is 19.9 Å². The van der Waals surface area contributed by atoms with Gasteiger partial charge in [-0.1, -0.05) is 18.2 Å². The highest BCUT2D eigenvalue weighted by Crippen LogP contribution is 2.41. The molecule has 8 nitrogen and oxygen atoms in total. The number of fused-ring (bicyclic) bond motifs is 1. The molecule has 0 spiro atoms. The smallest absolute Gasteiger partial charge is 0.251 e. The summed E-state index contributed by atoms with van der Waals surface area (Å²) < 4.78 is 12.5. The topological polar surface area (TPSA) is 94.5 Å². The molecule has 0 bridgehead atoms. The van der Waals surface area contributed by atoms with E-state index in [1.54, 1.807) is 56.3 Å². The van der Waals surface area contributed by atoms with Crippen LogP contribution in [0.2, 0.25) is 0 Å². The Kier molecular flexibility index (Phi) is 5.37. The lowest BCUT2D eigenvalue weighted by molar-refractivity contribution is -0.118. The highest BCUT2D eigenvalue weighted by molar-refractivity contribution is 6.03. The summed E-state index contributed by atoms with van der Waals surface area (Å²) in [7, 11) is 4.92. The van der Waals surface area contributed by atoms with E-state index >= 15 is 0 Å². The van der Waals surface area contributed by atoms with Crippen LogP contribution >= 0.6 is 0 Å². The summed E-state index contributed by atoms with van der Waals surface area (Å²) in [5, 5.41) is 10.3. The van der Waals surface area contributed by atoms with Crippen molar-refractivity contribution in [2.24, 2.45) is 7.05 Å². The molecule has 0 radical (unpaired) electrons. The van der Waals surface area contributed by atoms with E-state index in [1.807, 2.05) is 25.1 Å². The molecule has 1 aromatic heterocycles. The summed E-state index contributed by atoms with van der Waals surface area (Å²) in [4.78, 5) is 26.1. The van der Waals surface area contributed by atoms with E-state index in [9.17, 15) is 9.59 Å². The van der Waals surface area contributed by atoms with Crippen LogP contribution in [-0.2, 0) is 11.8 Å². The largest absolute Gasteiger partial charge is 0.497 e. The second-order valence-corrected chi connectivity index (χ2v) is 7.40. The molecule has 0 saturated carbocycles. The first-order chi connectivity index (χ1) is 14.9. The third-order valence-corrected chi connectivity index (χ3v) is 5.49.